The summed E-state index contributed by atoms with van der Waals surface area (Å²) in [5, 5.41) is 3.61. The molecular formula is C14H21BrN2. The molecule has 94 valence electrons. The first-order valence-corrected chi connectivity index (χ1v) is 7.04. The van der Waals surface area contributed by atoms with Crippen LogP contribution in [0, 0.1) is 0 Å². The van der Waals surface area contributed by atoms with Gasteiger partial charge in [-0.25, -0.2) is 0 Å². The highest BCUT2D eigenvalue weighted by Gasteiger charge is 2.27. The lowest BCUT2D eigenvalue weighted by Crippen LogP contribution is -2.47. The molecule has 0 bridgehead atoms. The Balaban J connectivity index is 2.24. The maximum atomic E-state index is 3.61. The normalized spacial score (nSPS) is 24.5. The lowest BCUT2D eigenvalue weighted by molar-refractivity contribution is 0.415. The minimum absolute atomic E-state index is 0.178. The van der Waals surface area contributed by atoms with Crippen LogP contribution in [0.5, 0.6) is 0 Å². The molecule has 0 spiro atoms. The third-order valence-electron chi connectivity index (χ3n) is 3.42. The minimum atomic E-state index is 0.178. The van der Waals surface area contributed by atoms with Gasteiger partial charge < -0.3 is 10.2 Å². The van der Waals surface area contributed by atoms with Gasteiger partial charge in [-0.1, -0.05) is 15.9 Å². The molecule has 0 amide bonds. The van der Waals surface area contributed by atoms with Crippen molar-refractivity contribution in [2.45, 2.75) is 38.8 Å². The van der Waals surface area contributed by atoms with Gasteiger partial charge in [-0.05, 0) is 58.0 Å². The average molecular weight is 297 g/mol. The van der Waals surface area contributed by atoms with Gasteiger partial charge in [0.1, 0.15) is 0 Å². The molecule has 1 heterocycles. The Morgan fingerprint density at radius 1 is 1.29 bits per heavy atom. The van der Waals surface area contributed by atoms with Gasteiger partial charge in [-0.2, -0.15) is 0 Å². The Hall–Kier alpha value is -0.540. The van der Waals surface area contributed by atoms with Crippen molar-refractivity contribution >= 4 is 21.6 Å². The molecule has 1 atom stereocenters. The Morgan fingerprint density at radius 3 is 2.59 bits per heavy atom. The monoisotopic (exact) mass is 296 g/mol. The first-order chi connectivity index (χ1) is 7.98. The molecule has 1 aliphatic rings. The zero-order chi connectivity index (χ0) is 12.5. The number of anilines is 1. The zero-order valence-corrected chi connectivity index (χ0v) is 12.4. The van der Waals surface area contributed by atoms with Crippen molar-refractivity contribution in [1.82, 2.24) is 5.32 Å². The number of nitrogens with zero attached hydrogens (tertiary/aromatic N) is 1. The van der Waals surface area contributed by atoms with E-state index in [1.165, 1.54) is 12.1 Å². The van der Waals surface area contributed by atoms with Crippen LogP contribution < -0.4 is 10.2 Å². The number of halogens is 1. The molecule has 2 nitrogen and oxygen atoms in total. The standard InChI is InChI=1S/C14H21BrN2/c1-11-8-9-16-14(2,3)10-17(11)13-6-4-12(15)5-7-13/h4-7,11,16H,8-10H2,1-3H3. The van der Waals surface area contributed by atoms with Crippen molar-refractivity contribution in [3.8, 4) is 0 Å². The van der Waals surface area contributed by atoms with Gasteiger partial charge in [0.2, 0.25) is 0 Å². The molecule has 0 saturated carbocycles. The Labute approximate surface area is 113 Å². The Kier molecular flexibility index (Phi) is 3.79. The van der Waals surface area contributed by atoms with E-state index in [4.69, 9.17) is 0 Å². The fraction of sp³-hybridized carbons (Fsp3) is 0.571. The summed E-state index contributed by atoms with van der Waals surface area (Å²) in [7, 11) is 0. The summed E-state index contributed by atoms with van der Waals surface area (Å²) in [4.78, 5) is 2.51. The summed E-state index contributed by atoms with van der Waals surface area (Å²) < 4.78 is 1.14. The number of hydrogen-bond donors (Lipinski definition) is 1. The number of benzene rings is 1. The van der Waals surface area contributed by atoms with Crippen LogP contribution in [0.2, 0.25) is 0 Å². The van der Waals surface area contributed by atoms with E-state index in [-0.39, 0.29) is 5.54 Å². The van der Waals surface area contributed by atoms with E-state index in [9.17, 15) is 0 Å². The van der Waals surface area contributed by atoms with Gasteiger partial charge in [0.25, 0.3) is 0 Å². The van der Waals surface area contributed by atoms with Crippen LogP contribution in [-0.4, -0.2) is 24.7 Å². The van der Waals surface area contributed by atoms with Crippen LogP contribution in [0.15, 0.2) is 28.7 Å². The number of hydrogen-bond acceptors (Lipinski definition) is 2. The summed E-state index contributed by atoms with van der Waals surface area (Å²) in [5.74, 6) is 0. The van der Waals surface area contributed by atoms with Gasteiger partial charge in [-0.3, -0.25) is 0 Å². The molecule has 2 rings (SSSR count). The van der Waals surface area contributed by atoms with Crippen molar-refractivity contribution in [2.75, 3.05) is 18.0 Å². The second-order valence-electron chi connectivity index (χ2n) is 5.55. The summed E-state index contributed by atoms with van der Waals surface area (Å²) >= 11 is 3.49. The SMILES string of the molecule is CC1CCNC(C)(C)CN1c1ccc(Br)cc1. The molecule has 3 heteroatoms. The molecule has 1 fully saturated rings. The van der Waals surface area contributed by atoms with Crippen molar-refractivity contribution in [1.29, 1.82) is 0 Å². The highest BCUT2D eigenvalue weighted by Crippen LogP contribution is 2.25. The molecule has 1 aliphatic heterocycles. The van der Waals surface area contributed by atoms with Gasteiger partial charge in [0.05, 0.1) is 0 Å². The first kappa shape index (κ1) is 12.9. The molecule has 1 aromatic rings. The second-order valence-corrected chi connectivity index (χ2v) is 6.47. The minimum Gasteiger partial charge on any atom is -0.367 e. The molecule has 1 aromatic carbocycles. The molecular weight excluding hydrogens is 276 g/mol. The van der Waals surface area contributed by atoms with E-state index in [1.54, 1.807) is 0 Å². The second kappa shape index (κ2) is 4.99. The van der Waals surface area contributed by atoms with Gasteiger partial charge in [0.15, 0.2) is 0 Å². The number of rotatable bonds is 1. The van der Waals surface area contributed by atoms with E-state index in [0.29, 0.717) is 6.04 Å². The zero-order valence-electron chi connectivity index (χ0n) is 10.8. The smallest absolute Gasteiger partial charge is 0.0370 e. The summed E-state index contributed by atoms with van der Waals surface area (Å²) in [5.41, 5.74) is 1.50. The van der Waals surface area contributed by atoms with Crippen LogP contribution in [0.25, 0.3) is 0 Å². The Morgan fingerprint density at radius 2 is 1.94 bits per heavy atom. The summed E-state index contributed by atoms with van der Waals surface area (Å²) in [6.45, 7) is 9.01. The fourth-order valence-corrected chi connectivity index (χ4v) is 2.66. The first-order valence-electron chi connectivity index (χ1n) is 6.25. The molecule has 0 aliphatic carbocycles. The molecule has 1 unspecified atom stereocenters. The van der Waals surface area contributed by atoms with E-state index < -0.39 is 0 Å². The van der Waals surface area contributed by atoms with Crippen molar-refractivity contribution in [3.63, 3.8) is 0 Å². The van der Waals surface area contributed by atoms with E-state index >= 15 is 0 Å². The van der Waals surface area contributed by atoms with Gasteiger partial charge >= 0.3 is 0 Å². The van der Waals surface area contributed by atoms with Crippen molar-refractivity contribution < 1.29 is 0 Å². The molecule has 17 heavy (non-hydrogen) atoms. The quantitative estimate of drug-likeness (QED) is 0.854. The summed E-state index contributed by atoms with van der Waals surface area (Å²) in [6, 6.07) is 9.22. The number of nitrogens with one attached hydrogen (secondary N) is 1. The van der Waals surface area contributed by atoms with Gasteiger partial charge in [0, 0.05) is 28.3 Å². The average Bonchev–Trinajstić information content (AvgIpc) is 2.39. The third kappa shape index (κ3) is 3.23. The lowest BCUT2D eigenvalue weighted by Gasteiger charge is -2.34. The van der Waals surface area contributed by atoms with E-state index in [0.717, 1.165) is 17.6 Å². The topological polar surface area (TPSA) is 15.3 Å². The predicted molar refractivity (Wildman–Crippen MR) is 77.6 cm³/mol. The van der Waals surface area contributed by atoms with Crippen molar-refractivity contribution in [3.05, 3.63) is 28.7 Å². The molecule has 0 radical (unpaired) electrons. The summed E-state index contributed by atoms with van der Waals surface area (Å²) in [6.07, 6.45) is 1.19. The molecule has 1 N–H and O–H groups in total. The largest absolute Gasteiger partial charge is 0.367 e. The maximum Gasteiger partial charge on any atom is 0.0370 e. The highest BCUT2D eigenvalue weighted by molar-refractivity contribution is 9.10. The third-order valence-corrected chi connectivity index (χ3v) is 3.95. The van der Waals surface area contributed by atoms with Crippen LogP contribution in [0.3, 0.4) is 0 Å². The van der Waals surface area contributed by atoms with Crippen molar-refractivity contribution in [2.24, 2.45) is 0 Å². The van der Waals surface area contributed by atoms with Gasteiger partial charge in [-0.15, -0.1) is 0 Å². The Bertz CT molecular complexity index is 372. The van der Waals surface area contributed by atoms with Crippen LogP contribution in [-0.2, 0) is 0 Å². The van der Waals surface area contributed by atoms with E-state index in [1.807, 2.05) is 0 Å². The highest BCUT2D eigenvalue weighted by atomic mass is 79.9. The lowest BCUT2D eigenvalue weighted by atomic mass is 10.0. The van der Waals surface area contributed by atoms with E-state index in [2.05, 4.69) is 71.2 Å². The van der Waals surface area contributed by atoms with Crippen LogP contribution in [0.1, 0.15) is 27.2 Å². The predicted octanol–water partition coefficient (Wildman–Crippen LogP) is 3.42. The maximum absolute atomic E-state index is 3.61. The molecule has 1 saturated heterocycles. The molecule has 0 aromatic heterocycles. The van der Waals surface area contributed by atoms with Crippen LogP contribution in [0.4, 0.5) is 5.69 Å². The van der Waals surface area contributed by atoms with Crippen LogP contribution >= 0.6 is 15.9 Å². The fourth-order valence-electron chi connectivity index (χ4n) is 2.39.